The third-order valence-corrected chi connectivity index (χ3v) is 3.79. The van der Waals surface area contributed by atoms with Crippen LogP contribution >= 0.6 is 7.82 Å². The molecule has 1 amide bonds. The molecule has 194 valence electrons. The van der Waals surface area contributed by atoms with Gasteiger partial charge in [-0.25, -0.2) is 4.79 Å². The molecule has 1 atom stereocenters. The van der Waals surface area contributed by atoms with Gasteiger partial charge in [-0.2, -0.15) is 0 Å². The van der Waals surface area contributed by atoms with Crippen molar-refractivity contribution >= 4 is 25.7 Å². The first-order valence-corrected chi connectivity index (χ1v) is 11.7. The first-order valence-electron chi connectivity index (χ1n) is 10.2. The number of rotatable bonds is 13. The summed E-state index contributed by atoms with van der Waals surface area (Å²) in [7, 11) is -5.27. The number of unbranched alkanes of at least 4 members (excludes halogenated alkanes) is 5. The number of esters is 2. The van der Waals surface area contributed by atoms with Crippen molar-refractivity contribution in [3.63, 3.8) is 0 Å². The van der Waals surface area contributed by atoms with Crippen LogP contribution < -0.4 is 74.6 Å². The standard InChI is InChI=1S/C20H27O8P.C2H5NO.2Na.5H2/c1-3-5-7-9-11-13-15-20(22)28-18(17-27-29(23,24)25)16-26-19(21)14-12-10-8-6-4-2;1-2(3)4;;;;;;;/h18H,3,5,7,9,11,13,15-17H2,1-2H3,(H2,23,24,25);1H3,(H2,3,4);;;5*1H/q;;2*+1;;;;;/p-2/t18-;;;;;;;;/m0......../s1. The summed E-state index contributed by atoms with van der Waals surface area (Å²) in [4.78, 5) is 53.9. The Balaban J connectivity index is -0.000000116. The fraction of sp³-hybridized carbons (Fsp3) is 0.591. The van der Waals surface area contributed by atoms with Crippen molar-refractivity contribution in [2.45, 2.75) is 71.8 Å². The van der Waals surface area contributed by atoms with Gasteiger partial charge >= 0.3 is 71.1 Å². The molecule has 0 radical (unpaired) electrons. The molecule has 0 saturated heterocycles. The Morgan fingerprint density at radius 1 is 0.971 bits per heavy atom. The molecule has 0 unspecified atom stereocenters. The van der Waals surface area contributed by atoms with Gasteiger partial charge in [-0.1, -0.05) is 44.9 Å². The minimum Gasteiger partial charge on any atom is -0.790 e. The minimum absolute atomic E-state index is 0. The molecule has 13 heteroatoms. The summed E-state index contributed by atoms with van der Waals surface area (Å²) in [5, 5.41) is 0. The molecule has 35 heavy (non-hydrogen) atoms. The summed E-state index contributed by atoms with van der Waals surface area (Å²) in [5.74, 6) is 12.0. The summed E-state index contributed by atoms with van der Waals surface area (Å²) in [5.41, 5.74) is 4.47. The molecular formula is C22H40NNa2O9P. The van der Waals surface area contributed by atoms with E-state index in [1.807, 2.05) is 0 Å². The van der Waals surface area contributed by atoms with Crippen molar-refractivity contribution in [2.75, 3.05) is 13.2 Å². The van der Waals surface area contributed by atoms with Crippen LogP contribution in [0.1, 0.15) is 72.9 Å². The summed E-state index contributed by atoms with van der Waals surface area (Å²) in [6.07, 6.45) is 4.71. The molecule has 0 heterocycles. The van der Waals surface area contributed by atoms with E-state index < -0.39 is 39.1 Å². The molecule has 10 nitrogen and oxygen atoms in total. The van der Waals surface area contributed by atoms with Crippen LogP contribution in [0.2, 0.25) is 0 Å². The number of ether oxygens (including phenoxy) is 2. The van der Waals surface area contributed by atoms with Crippen LogP contribution in [-0.2, 0) is 32.9 Å². The molecule has 0 aliphatic heterocycles. The largest absolute Gasteiger partial charge is 1.00 e. The predicted molar refractivity (Wildman–Crippen MR) is 127 cm³/mol. The number of primary amides is 1. The van der Waals surface area contributed by atoms with Crippen LogP contribution in [-0.4, -0.2) is 37.2 Å². The number of hydrogen-bond donors (Lipinski definition) is 1. The van der Waals surface area contributed by atoms with Crippen LogP contribution in [0, 0.1) is 35.5 Å². The van der Waals surface area contributed by atoms with Crippen LogP contribution in [0.25, 0.3) is 0 Å². The number of carbonyl (C=O) groups is 3. The van der Waals surface area contributed by atoms with Crippen LogP contribution in [0.3, 0.4) is 0 Å². The van der Waals surface area contributed by atoms with Crippen molar-refractivity contribution in [3.8, 4) is 35.5 Å². The second-order valence-corrected chi connectivity index (χ2v) is 7.61. The Kier molecular flexibility index (Phi) is 32.8. The third kappa shape index (κ3) is 37.9. The van der Waals surface area contributed by atoms with Gasteiger partial charge in [-0.05, 0) is 37.0 Å². The molecular weight excluding hydrogens is 499 g/mol. The maximum Gasteiger partial charge on any atom is 1.00 e. The summed E-state index contributed by atoms with van der Waals surface area (Å²) >= 11 is 0. The van der Waals surface area contributed by atoms with Gasteiger partial charge in [-0.3, -0.25) is 9.59 Å². The Hall–Kier alpha value is -0.800. The van der Waals surface area contributed by atoms with E-state index in [0.29, 0.717) is 6.42 Å². The van der Waals surface area contributed by atoms with Gasteiger partial charge in [0.15, 0.2) is 6.10 Å². The normalized spacial score (nSPS) is 9.74. The smallest absolute Gasteiger partial charge is 0.790 e. The second-order valence-electron chi connectivity index (χ2n) is 6.46. The molecule has 0 bridgehead atoms. The predicted octanol–water partition coefficient (Wildman–Crippen LogP) is -4.20. The number of nitrogens with two attached hydrogens (primary N) is 1. The summed E-state index contributed by atoms with van der Waals surface area (Å²) in [6, 6.07) is 0. The molecule has 0 saturated carbocycles. The Labute approximate surface area is 259 Å². The maximum atomic E-state index is 11.9. The van der Waals surface area contributed by atoms with E-state index in [9.17, 15) is 28.7 Å². The van der Waals surface area contributed by atoms with Crippen LogP contribution in [0.4, 0.5) is 0 Å². The first-order chi connectivity index (χ1) is 15.5. The van der Waals surface area contributed by atoms with Crippen molar-refractivity contribution in [2.24, 2.45) is 5.73 Å². The Morgan fingerprint density at radius 3 is 2.06 bits per heavy atom. The molecule has 0 spiro atoms. The number of carbonyl (C=O) groups excluding carboxylic acids is 3. The average molecular weight is 540 g/mol. The van der Waals surface area contributed by atoms with E-state index in [2.05, 4.69) is 52.7 Å². The zero-order valence-corrected chi connectivity index (χ0v) is 26.0. The SMILES string of the molecule is CC#CC#CC#CC(=O)OC[C@@H](COP(=O)([O-])[O-])OC(=O)CCCCCCCC.CC(N)=O.[HH].[HH].[HH].[HH].[HH].[Na+].[Na+]. The number of phosphoric ester groups is 1. The molecule has 0 aromatic rings. The zero-order chi connectivity index (χ0) is 25.5. The van der Waals surface area contributed by atoms with Crippen molar-refractivity contribution in [1.82, 2.24) is 0 Å². The topological polar surface area (TPSA) is 168 Å². The molecule has 0 fully saturated rings. The molecule has 0 rings (SSSR count). The van der Waals surface area contributed by atoms with E-state index in [0.717, 1.165) is 32.1 Å². The monoisotopic (exact) mass is 539 g/mol. The molecule has 0 aromatic carbocycles. The van der Waals surface area contributed by atoms with Gasteiger partial charge in [0.2, 0.25) is 5.91 Å². The van der Waals surface area contributed by atoms with Gasteiger partial charge in [0, 0.05) is 26.4 Å². The van der Waals surface area contributed by atoms with Gasteiger partial charge in [0.05, 0.1) is 14.4 Å². The van der Waals surface area contributed by atoms with Gasteiger partial charge < -0.3 is 34.1 Å². The van der Waals surface area contributed by atoms with Gasteiger partial charge in [-0.15, -0.1) is 0 Å². The summed E-state index contributed by atoms with van der Waals surface area (Å²) in [6.45, 7) is 3.74. The van der Waals surface area contributed by atoms with Gasteiger partial charge in [0.25, 0.3) is 0 Å². The molecule has 0 aromatic heterocycles. The molecule has 0 aliphatic carbocycles. The molecule has 2 N–H and O–H groups in total. The quantitative estimate of drug-likeness (QED) is 0.0609. The average Bonchev–Trinajstić information content (AvgIpc) is 2.71. The van der Waals surface area contributed by atoms with Crippen molar-refractivity contribution in [1.29, 1.82) is 0 Å². The fourth-order valence-corrected chi connectivity index (χ4v) is 2.35. The van der Waals surface area contributed by atoms with Gasteiger partial charge in [0.1, 0.15) is 6.61 Å². The summed E-state index contributed by atoms with van der Waals surface area (Å²) < 4.78 is 24.6. The third-order valence-electron chi connectivity index (χ3n) is 3.33. The van der Waals surface area contributed by atoms with E-state index in [4.69, 9.17) is 9.47 Å². The number of hydrogen-bond acceptors (Lipinski definition) is 9. The van der Waals surface area contributed by atoms with Crippen molar-refractivity contribution in [3.05, 3.63) is 0 Å². The van der Waals surface area contributed by atoms with E-state index in [-0.39, 0.29) is 78.6 Å². The number of phosphoric acid groups is 1. The first kappa shape index (κ1) is 41.3. The van der Waals surface area contributed by atoms with Crippen molar-refractivity contribution < 1.29 is 109 Å². The van der Waals surface area contributed by atoms with E-state index in [1.165, 1.54) is 6.92 Å². The van der Waals surface area contributed by atoms with E-state index >= 15 is 0 Å². The Morgan fingerprint density at radius 2 is 1.51 bits per heavy atom. The van der Waals surface area contributed by atoms with Crippen LogP contribution in [0.5, 0.6) is 0 Å². The van der Waals surface area contributed by atoms with Crippen LogP contribution in [0.15, 0.2) is 0 Å². The molecule has 0 aliphatic rings. The second kappa shape index (κ2) is 27.8. The maximum absolute atomic E-state index is 11.9. The fourth-order valence-electron chi connectivity index (χ4n) is 2.00. The minimum atomic E-state index is -5.27. The van der Waals surface area contributed by atoms with E-state index in [1.54, 1.807) is 6.92 Å². The number of amides is 1. The Bertz CT molecular complexity index is 860. The zero-order valence-electron chi connectivity index (χ0n) is 21.1.